The van der Waals surface area contributed by atoms with E-state index in [1.165, 1.54) is 0 Å². The smallest absolute Gasteiger partial charge is 0.128 e. The first-order valence-electron chi connectivity index (χ1n) is 5.39. The number of halogens is 1. The highest BCUT2D eigenvalue weighted by Crippen LogP contribution is 2.22. The van der Waals surface area contributed by atoms with E-state index in [1.807, 2.05) is 19.2 Å². The van der Waals surface area contributed by atoms with Crippen LogP contribution in [-0.4, -0.2) is 26.2 Å². The van der Waals surface area contributed by atoms with Gasteiger partial charge in [0.05, 0.1) is 0 Å². The highest BCUT2D eigenvalue weighted by molar-refractivity contribution is 5.49. The van der Waals surface area contributed by atoms with Crippen LogP contribution in [0, 0.1) is 12.7 Å². The third-order valence-electron chi connectivity index (χ3n) is 3.12. The zero-order valence-corrected chi connectivity index (χ0v) is 9.26. The van der Waals surface area contributed by atoms with Crippen molar-refractivity contribution < 1.29 is 4.39 Å². The predicted octanol–water partition coefficient (Wildman–Crippen LogP) is 1.93. The topological polar surface area (TPSA) is 15.3 Å². The molecule has 1 aromatic rings. The minimum Gasteiger partial charge on any atom is -0.370 e. The van der Waals surface area contributed by atoms with Crippen LogP contribution in [0.5, 0.6) is 0 Å². The molecule has 2 nitrogen and oxygen atoms in total. The summed E-state index contributed by atoms with van der Waals surface area (Å²) >= 11 is 0. The standard InChI is InChI=1S/C12H17FN2/c1-9-3-4-11(7-12(9)13)15-6-5-10(8-15)14-2/h3-4,7,10,14H,5-6,8H2,1-2H3. The van der Waals surface area contributed by atoms with Gasteiger partial charge in [-0.15, -0.1) is 0 Å². The molecule has 1 aromatic carbocycles. The van der Waals surface area contributed by atoms with E-state index in [0.717, 1.165) is 25.2 Å². The Hall–Kier alpha value is -1.09. The molecule has 1 heterocycles. The second-order valence-electron chi connectivity index (χ2n) is 4.15. The van der Waals surface area contributed by atoms with Crippen molar-refractivity contribution in [2.24, 2.45) is 0 Å². The first-order chi connectivity index (χ1) is 7.20. The van der Waals surface area contributed by atoms with Gasteiger partial charge >= 0.3 is 0 Å². The number of likely N-dealkylation sites (N-methyl/N-ethyl adjacent to an activating group) is 1. The number of hydrogen-bond donors (Lipinski definition) is 1. The monoisotopic (exact) mass is 208 g/mol. The molecule has 15 heavy (non-hydrogen) atoms. The van der Waals surface area contributed by atoms with Crippen molar-refractivity contribution in [1.82, 2.24) is 5.32 Å². The highest BCUT2D eigenvalue weighted by atomic mass is 19.1. The molecule has 0 aromatic heterocycles. The molecule has 0 radical (unpaired) electrons. The highest BCUT2D eigenvalue weighted by Gasteiger charge is 2.21. The van der Waals surface area contributed by atoms with E-state index in [1.54, 1.807) is 13.0 Å². The summed E-state index contributed by atoms with van der Waals surface area (Å²) in [7, 11) is 1.98. The predicted molar refractivity (Wildman–Crippen MR) is 60.8 cm³/mol. The lowest BCUT2D eigenvalue weighted by molar-refractivity contribution is 0.613. The lowest BCUT2D eigenvalue weighted by Crippen LogP contribution is -2.29. The molecule has 3 heteroatoms. The zero-order chi connectivity index (χ0) is 10.8. The molecular formula is C12H17FN2. The second-order valence-corrected chi connectivity index (χ2v) is 4.15. The van der Waals surface area contributed by atoms with Crippen LogP contribution in [0.3, 0.4) is 0 Å². The Balaban J connectivity index is 2.13. The SMILES string of the molecule is CNC1CCN(c2ccc(C)c(F)c2)C1. The van der Waals surface area contributed by atoms with Crippen LogP contribution in [0.2, 0.25) is 0 Å². The first-order valence-corrected chi connectivity index (χ1v) is 5.39. The van der Waals surface area contributed by atoms with Gasteiger partial charge in [0.2, 0.25) is 0 Å². The van der Waals surface area contributed by atoms with Crippen molar-refractivity contribution in [3.63, 3.8) is 0 Å². The third kappa shape index (κ3) is 2.12. The van der Waals surface area contributed by atoms with Crippen LogP contribution in [0.25, 0.3) is 0 Å². The fourth-order valence-electron chi connectivity index (χ4n) is 2.01. The molecule has 1 saturated heterocycles. The summed E-state index contributed by atoms with van der Waals surface area (Å²) in [6.45, 7) is 3.77. The molecule has 1 N–H and O–H groups in total. The van der Waals surface area contributed by atoms with Gasteiger partial charge in [-0.2, -0.15) is 0 Å². The van der Waals surface area contributed by atoms with Crippen LogP contribution in [0.15, 0.2) is 18.2 Å². The van der Waals surface area contributed by atoms with E-state index in [-0.39, 0.29) is 5.82 Å². The van der Waals surface area contributed by atoms with Crippen molar-refractivity contribution in [3.05, 3.63) is 29.6 Å². The number of aryl methyl sites for hydroxylation is 1. The molecule has 82 valence electrons. The maximum absolute atomic E-state index is 13.4. The summed E-state index contributed by atoms with van der Waals surface area (Å²) < 4.78 is 13.4. The number of benzene rings is 1. The maximum atomic E-state index is 13.4. The van der Waals surface area contributed by atoms with Crippen LogP contribution >= 0.6 is 0 Å². The Kier molecular flexibility index (Phi) is 2.91. The molecule has 0 amide bonds. The number of rotatable bonds is 2. The first kappa shape index (κ1) is 10.4. The van der Waals surface area contributed by atoms with Gasteiger partial charge in [0.15, 0.2) is 0 Å². The lowest BCUT2D eigenvalue weighted by Gasteiger charge is -2.19. The minimum atomic E-state index is -0.111. The van der Waals surface area contributed by atoms with Crippen LogP contribution in [0.1, 0.15) is 12.0 Å². The van der Waals surface area contributed by atoms with E-state index >= 15 is 0 Å². The van der Waals surface area contributed by atoms with Crippen molar-refractivity contribution in [2.75, 3.05) is 25.0 Å². The largest absolute Gasteiger partial charge is 0.370 e. The summed E-state index contributed by atoms with van der Waals surface area (Å²) in [4.78, 5) is 2.23. The van der Waals surface area contributed by atoms with Gasteiger partial charge in [-0.25, -0.2) is 4.39 Å². The molecule has 0 bridgehead atoms. The molecule has 1 aliphatic heterocycles. The summed E-state index contributed by atoms with van der Waals surface area (Å²) in [5.41, 5.74) is 1.71. The van der Waals surface area contributed by atoms with E-state index in [4.69, 9.17) is 0 Å². The van der Waals surface area contributed by atoms with Crippen molar-refractivity contribution in [3.8, 4) is 0 Å². The summed E-state index contributed by atoms with van der Waals surface area (Å²) in [5.74, 6) is -0.111. The second kappa shape index (κ2) is 4.19. The summed E-state index contributed by atoms with van der Waals surface area (Å²) in [6, 6.07) is 6.01. The van der Waals surface area contributed by atoms with Crippen molar-refractivity contribution in [1.29, 1.82) is 0 Å². The molecule has 1 fully saturated rings. The average molecular weight is 208 g/mol. The fourth-order valence-corrected chi connectivity index (χ4v) is 2.01. The van der Waals surface area contributed by atoms with Crippen molar-refractivity contribution in [2.45, 2.75) is 19.4 Å². The van der Waals surface area contributed by atoms with Crippen LogP contribution < -0.4 is 10.2 Å². The molecule has 1 aliphatic rings. The molecular weight excluding hydrogens is 191 g/mol. The van der Waals surface area contributed by atoms with E-state index in [0.29, 0.717) is 11.6 Å². The van der Waals surface area contributed by atoms with Crippen molar-refractivity contribution >= 4 is 5.69 Å². The molecule has 1 unspecified atom stereocenters. The number of nitrogens with zero attached hydrogens (tertiary/aromatic N) is 1. The molecule has 0 spiro atoms. The van der Waals surface area contributed by atoms with Gasteiger partial charge in [-0.1, -0.05) is 6.07 Å². The Bertz CT molecular complexity index is 351. The maximum Gasteiger partial charge on any atom is 0.128 e. The van der Waals surface area contributed by atoms with E-state index in [9.17, 15) is 4.39 Å². The van der Waals surface area contributed by atoms with Gasteiger partial charge in [-0.3, -0.25) is 0 Å². The zero-order valence-electron chi connectivity index (χ0n) is 9.26. The third-order valence-corrected chi connectivity index (χ3v) is 3.12. The minimum absolute atomic E-state index is 0.111. The Morgan fingerprint density at radius 3 is 2.87 bits per heavy atom. The summed E-state index contributed by atoms with van der Waals surface area (Å²) in [5, 5.41) is 3.25. The van der Waals surface area contributed by atoms with Gasteiger partial charge < -0.3 is 10.2 Å². The van der Waals surface area contributed by atoms with Crippen LogP contribution in [0.4, 0.5) is 10.1 Å². The Morgan fingerprint density at radius 2 is 2.27 bits per heavy atom. The van der Waals surface area contributed by atoms with Gasteiger partial charge in [-0.05, 0) is 38.1 Å². The fraction of sp³-hybridized carbons (Fsp3) is 0.500. The number of hydrogen-bond acceptors (Lipinski definition) is 2. The summed E-state index contributed by atoms with van der Waals surface area (Å²) in [6.07, 6.45) is 1.13. The molecule has 0 saturated carbocycles. The lowest BCUT2D eigenvalue weighted by atomic mass is 10.2. The average Bonchev–Trinajstić information content (AvgIpc) is 2.70. The molecule has 2 rings (SSSR count). The van der Waals surface area contributed by atoms with E-state index < -0.39 is 0 Å². The van der Waals surface area contributed by atoms with Gasteiger partial charge in [0, 0.05) is 24.8 Å². The molecule has 0 aliphatic carbocycles. The Labute approximate surface area is 90.1 Å². The quantitative estimate of drug-likeness (QED) is 0.799. The number of nitrogens with one attached hydrogen (secondary N) is 1. The Morgan fingerprint density at radius 1 is 1.47 bits per heavy atom. The normalized spacial score (nSPS) is 21.0. The van der Waals surface area contributed by atoms with Gasteiger partial charge in [0.25, 0.3) is 0 Å². The molecule has 1 atom stereocenters. The van der Waals surface area contributed by atoms with E-state index in [2.05, 4.69) is 10.2 Å². The van der Waals surface area contributed by atoms with Gasteiger partial charge in [0.1, 0.15) is 5.82 Å². The number of anilines is 1. The van der Waals surface area contributed by atoms with Crippen LogP contribution in [-0.2, 0) is 0 Å².